The first-order chi connectivity index (χ1) is 8.38. The molecule has 2 aromatic rings. The van der Waals surface area contributed by atoms with Gasteiger partial charge in [-0.1, -0.05) is 12.1 Å². The van der Waals surface area contributed by atoms with Gasteiger partial charge in [0, 0.05) is 18.7 Å². The number of rotatable bonds is 2. The second-order valence-corrected chi connectivity index (χ2v) is 4.00. The number of hydrogen-bond acceptors (Lipinski definition) is 4. The van der Waals surface area contributed by atoms with E-state index in [2.05, 4.69) is 20.1 Å². The van der Waals surface area contributed by atoms with Gasteiger partial charge in [0.25, 0.3) is 0 Å². The molecule has 17 heavy (non-hydrogen) atoms. The molecule has 2 heterocycles. The van der Waals surface area contributed by atoms with Crippen LogP contribution in [-0.2, 0) is 13.1 Å². The van der Waals surface area contributed by atoms with E-state index in [1.54, 1.807) is 7.11 Å². The molecule has 0 amide bonds. The molecule has 1 aromatic carbocycles. The van der Waals surface area contributed by atoms with Crippen LogP contribution in [0.2, 0.25) is 0 Å². The molecule has 1 aromatic heterocycles. The fourth-order valence-electron chi connectivity index (χ4n) is 2.07. The Bertz CT molecular complexity index is 535. The van der Waals surface area contributed by atoms with E-state index in [0.717, 1.165) is 42.6 Å². The minimum absolute atomic E-state index is 0.789. The van der Waals surface area contributed by atoms with Gasteiger partial charge in [0.15, 0.2) is 5.82 Å². The lowest BCUT2D eigenvalue weighted by molar-refractivity contribution is 0.415. The van der Waals surface area contributed by atoms with Crippen molar-refractivity contribution in [1.29, 1.82) is 0 Å². The summed E-state index contributed by atoms with van der Waals surface area (Å²) in [6.45, 7) is 2.66. The van der Waals surface area contributed by atoms with Crippen molar-refractivity contribution in [3.05, 3.63) is 30.1 Å². The molecule has 0 radical (unpaired) electrons. The third kappa shape index (κ3) is 1.78. The van der Waals surface area contributed by atoms with Gasteiger partial charge in [0.2, 0.25) is 0 Å². The lowest BCUT2D eigenvalue weighted by atomic mass is 10.2. The van der Waals surface area contributed by atoms with Crippen molar-refractivity contribution in [1.82, 2.24) is 20.1 Å². The van der Waals surface area contributed by atoms with E-state index in [-0.39, 0.29) is 0 Å². The highest BCUT2D eigenvalue weighted by Gasteiger charge is 2.16. The summed E-state index contributed by atoms with van der Waals surface area (Å²) in [6, 6.07) is 7.91. The largest absolute Gasteiger partial charge is 0.497 e. The number of nitrogens with one attached hydrogen (secondary N) is 1. The average molecular weight is 230 g/mol. The van der Waals surface area contributed by atoms with Crippen LogP contribution < -0.4 is 10.1 Å². The van der Waals surface area contributed by atoms with E-state index in [1.165, 1.54) is 0 Å². The molecule has 0 spiro atoms. The van der Waals surface area contributed by atoms with Gasteiger partial charge in [-0.15, -0.1) is 10.2 Å². The van der Waals surface area contributed by atoms with Crippen LogP contribution in [0.3, 0.4) is 0 Å². The number of methoxy groups -OCH3 is 1. The Morgan fingerprint density at radius 3 is 3.18 bits per heavy atom. The number of nitrogens with zero attached hydrogens (tertiary/aromatic N) is 3. The van der Waals surface area contributed by atoms with E-state index in [9.17, 15) is 0 Å². The van der Waals surface area contributed by atoms with Crippen LogP contribution in [0, 0.1) is 0 Å². The molecular formula is C12H14N4O. The van der Waals surface area contributed by atoms with E-state index < -0.39 is 0 Å². The Hall–Kier alpha value is -1.88. The SMILES string of the molecule is COc1cccc(-c2nnc3n2CCNC3)c1. The Balaban J connectivity index is 2.05. The first kappa shape index (κ1) is 10.3. The molecule has 0 saturated heterocycles. The standard InChI is InChI=1S/C12H14N4O/c1-17-10-4-2-3-9(7-10)12-15-14-11-8-13-5-6-16(11)12/h2-4,7,13H,5-6,8H2,1H3. The maximum absolute atomic E-state index is 5.23. The van der Waals surface area contributed by atoms with Gasteiger partial charge in [0.1, 0.15) is 11.6 Å². The maximum atomic E-state index is 5.23. The molecule has 1 N–H and O–H groups in total. The molecule has 3 rings (SSSR count). The zero-order valence-corrected chi connectivity index (χ0v) is 9.68. The fourth-order valence-corrected chi connectivity index (χ4v) is 2.07. The molecular weight excluding hydrogens is 216 g/mol. The van der Waals surface area contributed by atoms with Gasteiger partial charge >= 0.3 is 0 Å². The molecule has 88 valence electrons. The zero-order chi connectivity index (χ0) is 11.7. The third-order valence-electron chi connectivity index (χ3n) is 2.95. The van der Waals surface area contributed by atoms with Crippen molar-refractivity contribution in [3.63, 3.8) is 0 Å². The average Bonchev–Trinajstić information content (AvgIpc) is 2.82. The van der Waals surface area contributed by atoms with E-state index in [4.69, 9.17) is 4.74 Å². The Labute approximate surface area is 99.4 Å². The van der Waals surface area contributed by atoms with Crippen LogP contribution >= 0.6 is 0 Å². The van der Waals surface area contributed by atoms with E-state index in [1.807, 2.05) is 24.3 Å². The smallest absolute Gasteiger partial charge is 0.164 e. The highest BCUT2D eigenvalue weighted by atomic mass is 16.5. The zero-order valence-electron chi connectivity index (χ0n) is 9.68. The second-order valence-electron chi connectivity index (χ2n) is 4.00. The summed E-state index contributed by atoms with van der Waals surface area (Å²) >= 11 is 0. The van der Waals surface area contributed by atoms with Crippen molar-refractivity contribution in [2.45, 2.75) is 13.1 Å². The van der Waals surface area contributed by atoms with Crippen LogP contribution in [0.4, 0.5) is 0 Å². The van der Waals surface area contributed by atoms with Crippen LogP contribution in [0.1, 0.15) is 5.82 Å². The first-order valence-corrected chi connectivity index (χ1v) is 5.66. The van der Waals surface area contributed by atoms with Gasteiger partial charge in [-0.25, -0.2) is 0 Å². The molecule has 0 atom stereocenters. The Kier molecular flexibility index (Phi) is 2.53. The molecule has 5 nitrogen and oxygen atoms in total. The van der Waals surface area contributed by atoms with Gasteiger partial charge in [-0.3, -0.25) is 0 Å². The number of fused-ring (bicyclic) bond motifs is 1. The molecule has 5 heteroatoms. The van der Waals surface area contributed by atoms with Crippen molar-refractivity contribution < 1.29 is 4.74 Å². The van der Waals surface area contributed by atoms with E-state index in [0.29, 0.717) is 0 Å². The molecule has 0 unspecified atom stereocenters. The topological polar surface area (TPSA) is 52.0 Å². The molecule has 1 aliphatic rings. The number of aromatic nitrogens is 3. The molecule has 0 fully saturated rings. The second kappa shape index (κ2) is 4.18. The fraction of sp³-hybridized carbons (Fsp3) is 0.333. The highest BCUT2D eigenvalue weighted by Crippen LogP contribution is 2.23. The van der Waals surface area contributed by atoms with Crippen LogP contribution in [-0.4, -0.2) is 28.4 Å². The Morgan fingerprint density at radius 1 is 1.35 bits per heavy atom. The summed E-state index contributed by atoms with van der Waals surface area (Å²) in [6.07, 6.45) is 0. The quantitative estimate of drug-likeness (QED) is 0.838. The number of ether oxygens (including phenoxy) is 1. The maximum Gasteiger partial charge on any atom is 0.164 e. The minimum Gasteiger partial charge on any atom is -0.497 e. The van der Waals surface area contributed by atoms with Gasteiger partial charge in [0.05, 0.1) is 13.7 Å². The predicted octanol–water partition coefficient (Wildman–Crippen LogP) is 1.06. The molecule has 0 saturated carbocycles. The Morgan fingerprint density at radius 2 is 2.29 bits per heavy atom. The summed E-state index contributed by atoms with van der Waals surface area (Å²) < 4.78 is 7.39. The normalized spacial score (nSPS) is 14.4. The summed E-state index contributed by atoms with van der Waals surface area (Å²) in [5.41, 5.74) is 1.05. The lowest BCUT2D eigenvalue weighted by Gasteiger charge is -2.16. The van der Waals surface area contributed by atoms with Crippen LogP contribution in [0.25, 0.3) is 11.4 Å². The lowest BCUT2D eigenvalue weighted by Crippen LogP contribution is -2.28. The summed E-state index contributed by atoms with van der Waals surface area (Å²) in [5.74, 6) is 2.75. The summed E-state index contributed by atoms with van der Waals surface area (Å²) in [5, 5.41) is 11.7. The number of hydrogen-bond donors (Lipinski definition) is 1. The van der Waals surface area contributed by atoms with Crippen molar-refractivity contribution in [2.75, 3.05) is 13.7 Å². The van der Waals surface area contributed by atoms with Crippen molar-refractivity contribution >= 4 is 0 Å². The summed E-state index contributed by atoms with van der Waals surface area (Å²) in [7, 11) is 1.67. The van der Waals surface area contributed by atoms with Gasteiger partial charge in [-0.2, -0.15) is 0 Å². The first-order valence-electron chi connectivity index (χ1n) is 5.66. The van der Waals surface area contributed by atoms with Crippen LogP contribution in [0.5, 0.6) is 5.75 Å². The molecule has 1 aliphatic heterocycles. The number of benzene rings is 1. The minimum atomic E-state index is 0.789. The van der Waals surface area contributed by atoms with E-state index >= 15 is 0 Å². The highest BCUT2D eigenvalue weighted by molar-refractivity contribution is 5.58. The molecule has 0 aliphatic carbocycles. The van der Waals surface area contributed by atoms with Gasteiger partial charge in [-0.05, 0) is 12.1 Å². The van der Waals surface area contributed by atoms with Crippen LogP contribution in [0.15, 0.2) is 24.3 Å². The summed E-state index contributed by atoms with van der Waals surface area (Å²) in [4.78, 5) is 0. The van der Waals surface area contributed by atoms with Gasteiger partial charge < -0.3 is 14.6 Å². The van der Waals surface area contributed by atoms with Crippen molar-refractivity contribution in [2.24, 2.45) is 0 Å². The monoisotopic (exact) mass is 230 g/mol. The predicted molar refractivity (Wildman–Crippen MR) is 63.7 cm³/mol. The molecule has 0 bridgehead atoms. The van der Waals surface area contributed by atoms with Crippen molar-refractivity contribution in [3.8, 4) is 17.1 Å². The third-order valence-corrected chi connectivity index (χ3v) is 2.95.